The largest absolute Gasteiger partial charge is 0.385 e. The summed E-state index contributed by atoms with van der Waals surface area (Å²) in [6.07, 6.45) is 0.800. The number of nitrogens with one attached hydrogen (secondary N) is 1. The van der Waals surface area contributed by atoms with Crippen LogP contribution >= 0.6 is 11.3 Å². The number of hydrogen-bond donors (Lipinski definition) is 1. The Hall–Kier alpha value is -3.07. The lowest BCUT2D eigenvalue weighted by Crippen LogP contribution is -2.51. The van der Waals surface area contributed by atoms with E-state index in [1.807, 2.05) is 65.6 Å². The first-order valence-corrected chi connectivity index (χ1v) is 12.4. The normalized spacial score (nSPS) is 14.2. The van der Waals surface area contributed by atoms with E-state index in [2.05, 4.69) is 10.2 Å². The molecule has 2 heterocycles. The number of methoxy groups -OCH3 is 1. The molecule has 3 aromatic rings. The molecule has 0 radical (unpaired) electrons. The van der Waals surface area contributed by atoms with E-state index in [1.54, 1.807) is 7.11 Å². The average Bonchev–Trinajstić information content (AvgIpc) is 3.33. The smallest absolute Gasteiger partial charge is 0.266 e. The highest BCUT2D eigenvalue weighted by Crippen LogP contribution is 2.34. The molecular weight excluding hydrogens is 448 g/mol. The van der Waals surface area contributed by atoms with Gasteiger partial charge in [0.1, 0.15) is 9.88 Å². The summed E-state index contributed by atoms with van der Waals surface area (Å²) in [5.41, 5.74) is 2.67. The Morgan fingerprint density at radius 1 is 0.971 bits per heavy atom. The van der Waals surface area contributed by atoms with E-state index in [1.165, 1.54) is 11.3 Å². The highest BCUT2D eigenvalue weighted by molar-refractivity contribution is 7.17. The van der Waals surface area contributed by atoms with Gasteiger partial charge in [0.25, 0.3) is 5.91 Å². The summed E-state index contributed by atoms with van der Waals surface area (Å²) in [6.45, 7) is 4.11. The van der Waals surface area contributed by atoms with Crippen LogP contribution in [-0.4, -0.2) is 79.6 Å². The second kappa shape index (κ2) is 11.9. The van der Waals surface area contributed by atoms with Crippen molar-refractivity contribution in [2.24, 2.45) is 0 Å². The minimum Gasteiger partial charge on any atom is -0.385 e. The average molecular weight is 479 g/mol. The van der Waals surface area contributed by atoms with E-state index in [0.717, 1.165) is 28.2 Å². The number of nitrogens with zero attached hydrogens (tertiary/aromatic N) is 3. The van der Waals surface area contributed by atoms with Gasteiger partial charge < -0.3 is 15.0 Å². The minimum absolute atomic E-state index is 0.00204. The van der Waals surface area contributed by atoms with Gasteiger partial charge in [0.2, 0.25) is 5.91 Å². The van der Waals surface area contributed by atoms with Crippen LogP contribution in [0, 0.1) is 0 Å². The Morgan fingerprint density at radius 2 is 1.62 bits per heavy atom. The van der Waals surface area contributed by atoms with E-state index in [0.29, 0.717) is 50.8 Å². The first-order chi connectivity index (χ1) is 16.7. The number of hydrogen-bond acceptors (Lipinski definition) is 6. The van der Waals surface area contributed by atoms with Gasteiger partial charge >= 0.3 is 0 Å². The third-order valence-electron chi connectivity index (χ3n) is 5.76. The lowest BCUT2D eigenvalue weighted by molar-refractivity contribution is -0.122. The van der Waals surface area contributed by atoms with Crippen LogP contribution in [0.15, 0.2) is 60.7 Å². The lowest BCUT2D eigenvalue weighted by atomic mass is 10.1. The van der Waals surface area contributed by atoms with Crippen molar-refractivity contribution in [3.8, 4) is 21.8 Å². The van der Waals surface area contributed by atoms with Crippen LogP contribution in [0.25, 0.3) is 21.8 Å². The second-order valence-corrected chi connectivity index (χ2v) is 9.19. The maximum absolute atomic E-state index is 13.6. The Labute approximate surface area is 204 Å². The van der Waals surface area contributed by atoms with Gasteiger partial charge in [0.15, 0.2) is 0 Å². The molecule has 2 amide bonds. The Kier molecular flexibility index (Phi) is 8.41. The molecule has 2 aromatic carbocycles. The van der Waals surface area contributed by atoms with Crippen LogP contribution in [0.1, 0.15) is 16.1 Å². The molecule has 1 aliphatic rings. The summed E-state index contributed by atoms with van der Waals surface area (Å²) in [6, 6.07) is 19.8. The quantitative estimate of drug-likeness (QED) is 0.477. The van der Waals surface area contributed by atoms with Crippen molar-refractivity contribution in [2.45, 2.75) is 6.42 Å². The third kappa shape index (κ3) is 6.08. The molecular formula is C26H30N4O3S. The van der Waals surface area contributed by atoms with Gasteiger partial charge in [-0.2, -0.15) is 0 Å². The number of benzene rings is 2. The lowest BCUT2D eigenvalue weighted by Gasteiger charge is -2.34. The summed E-state index contributed by atoms with van der Waals surface area (Å²) >= 11 is 1.44. The molecule has 0 bridgehead atoms. The number of rotatable bonds is 9. The van der Waals surface area contributed by atoms with Crippen LogP contribution in [0.3, 0.4) is 0 Å². The van der Waals surface area contributed by atoms with Gasteiger partial charge in [0, 0.05) is 57.6 Å². The number of amides is 2. The molecule has 0 spiro atoms. The second-order valence-electron chi connectivity index (χ2n) is 8.19. The van der Waals surface area contributed by atoms with Crippen molar-refractivity contribution >= 4 is 23.2 Å². The van der Waals surface area contributed by atoms with Crippen LogP contribution in [0.4, 0.5) is 0 Å². The predicted octanol–water partition coefficient (Wildman–Crippen LogP) is 3.39. The van der Waals surface area contributed by atoms with Crippen LogP contribution in [-0.2, 0) is 9.53 Å². The molecule has 8 heteroatoms. The summed E-state index contributed by atoms with van der Waals surface area (Å²) in [5, 5.41) is 3.76. The van der Waals surface area contributed by atoms with E-state index >= 15 is 0 Å². The van der Waals surface area contributed by atoms with E-state index in [4.69, 9.17) is 9.72 Å². The number of thiazole rings is 1. The molecule has 1 saturated heterocycles. The van der Waals surface area contributed by atoms with Crippen LogP contribution < -0.4 is 5.32 Å². The number of piperazine rings is 1. The monoisotopic (exact) mass is 478 g/mol. The van der Waals surface area contributed by atoms with Gasteiger partial charge in [-0.1, -0.05) is 60.7 Å². The molecule has 34 heavy (non-hydrogen) atoms. The number of aromatic nitrogens is 1. The SMILES string of the molecule is COCCCNC(=O)CN1CCN(C(=O)c2sc(-c3ccccc3)nc2-c2ccccc2)CC1. The summed E-state index contributed by atoms with van der Waals surface area (Å²) in [4.78, 5) is 35.2. The molecule has 1 aliphatic heterocycles. The molecule has 1 aromatic heterocycles. The molecule has 1 fully saturated rings. The minimum atomic E-state index is 0.00204. The van der Waals surface area contributed by atoms with E-state index in [9.17, 15) is 9.59 Å². The summed E-state index contributed by atoms with van der Waals surface area (Å²) in [5.74, 6) is 0.0133. The molecule has 1 N–H and O–H groups in total. The number of carbonyl (C=O) groups is 2. The highest BCUT2D eigenvalue weighted by atomic mass is 32.1. The zero-order valence-electron chi connectivity index (χ0n) is 19.4. The van der Waals surface area contributed by atoms with Crippen molar-refractivity contribution in [2.75, 3.05) is 53.0 Å². The molecule has 0 unspecified atom stereocenters. The van der Waals surface area contributed by atoms with E-state index < -0.39 is 0 Å². The zero-order chi connectivity index (χ0) is 23.8. The highest BCUT2D eigenvalue weighted by Gasteiger charge is 2.28. The Bertz CT molecular complexity index is 1080. The van der Waals surface area contributed by atoms with Gasteiger partial charge in [-0.15, -0.1) is 11.3 Å². The maximum Gasteiger partial charge on any atom is 0.266 e. The van der Waals surface area contributed by atoms with Gasteiger partial charge in [-0.25, -0.2) is 4.98 Å². The summed E-state index contributed by atoms with van der Waals surface area (Å²) < 4.78 is 5.00. The van der Waals surface area contributed by atoms with Crippen molar-refractivity contribution < 1.29 is 14.3 Å². The van der Waals surface area contributed by atoms with Gasteiger partial charge in [-0.05, 0) is 6.42 Å². The molecule has 0 atom stereocenters. The molecule has 0 saturated carbocycles. The van der Waals surface area contributed by atoms with Crippen molar-refractivity contribution in [1.82, 2.24) is 20.1 Å². The first kappa shape index (κ1) is 24.1. The fourth-order valence-corrected chi connectivity index (χ4v) is 4.98. The Balaban J connectivity index is 1.43. The molecule has 7 nitrogen and oxygen atoms in total. The van der Waals surface area contributed by atoms with Crippen molar-refractivity contribution in [1.29, 1.82) is 0 Å². The van der Waals surface area contributed by atoms with Crippen molar-refractivity contribution in [3.63, 3.8) is 0 Å². The fourth-order valence-electron chi connectivity index (χ4n) is 3.92. The standard InChI is InChI=1S/C26H30N4O3S/c1-33-18-8-13-27-22(31)19-29-14-16-30(17-15-29)26(32)24-23(20-9-4-2-5-10-20)28-25(34-24)21-11-6-3-7-12-21/h2-7,9-12H,8,13-19H2,1H3,(H,27,31). The Morgan fingerprint density at radius 3 is 2.26 bits per heavy atom. The predicted molar refractivity (Wildman–Crippen MR) is 135 cm³/mol. The van der Waals surface area contributed by atoms with Gasteiger partial charge in [0.05, 0.1) is 12.2 Å². The zero-order valence-corrected chi connectivity index (χ0v) is 20.2. The van der Waals surface area contributed by atoms with Gasteiger partial charge in [-0.3, -0.25) is 14.5 Å². The molecule has 4 rings (SSSR count). The van der Waals surface area contributed by atoms with Crippen LogP contribution in [0.2, 0.25) is 0 Å². The first-order valence-electron chi connectivity index (χ1n) is 11.5. The number of ether oxygens (including phenoxy) is 1. The third-order valence-corrected chi connectivity index (χ3v) is 6.86. The molecule has 178 valence electrons. The topological polar surface area (TPSA) is 74.8 Å². The van der Waals surface area contributed by atoms with E-state index in [-0.39, 0.29) is 11.8 Å². The fraction of sp³-hybridized carbons (Fsp3) is 0.346. The van der Waals surface area contributed by atoms with Crippen LogP contribution in [0.5, 0.6) is 0 Å². The molecule has 0 aliphatic carbocycles. The maximum atomic E-state index is 13.6. The number of carbonyl (C=O) groups excluding carboxylic acids is 2. The summed E-state index contributed by atoms with van der Waals surface area (Å²) in [7, 11) is 1.65. The van der Waals surface area contributed by atoms with Crippen molar-refractivity contribution in [3.05, 3.63) is 65.5 Å².